The Labute approximate surface area is 146 Å². The van der Waals surface area contributed by atoms with Crippen LogP contribution in [0.2, 0.25) is 0 Å². The SMILES string of the molecule is Cc1ccccc1-n1cnnc1SCC(=O)N1C[C@H](C)O[C@@H](C)C1. The normalized spacial score (nSPS) is 21.0. The number of carbonyl (C=O) groups excluding carboxylic acids is 1. The van der Waals surface area contributed by atoms with Gasteiger partial charge in [-0.2, -0.15) is 0 Å². The third kappa shape index (κ3) is 3.79. The molecule has 1 aliphatic rings. The second-order valence-electron chi connectivity index (χ2n) is 6.11. The van der Waals surface area contributed by atoms with Gasteiger partial charge in [-0.1, -0.05) is 30.0 Å². The summed E-state index contributed by atoms with van der Waals surface area (Å²) in [6.45, 7) is 7.34. The van der Waals surface area contributed by atoms with Gasteiger partial charge in [0.2, 0.25) is 5.91 Å². The first-order valence-corrected chi connectivity index (χ1v) is 9.05. The lowest BCUT2D eigenvalue weighted by Gasteiger charge is -2.35. The van der Waals surface area contributed by atoms with Gasteiger partial charge in [-0.05, 0) is 32.4 Å². The highest BCUT2D eigenvalue weighted by Gasteiger charge is 2.26. The minimum atomic E-state index is 0.0818. The van der Waals surface area contributed by atoms with Gasteiger partial charge in [-0.25, -0.2) is 0 Å². The molecule has 7 heteroatoms. The van der Waals surface area contributed by atoms with E-state index in [1.807, 2.05) is 54.5 Å². The molecule has 1 fully saturated rings. The van der Waals surface area contributed by atoms with E-state index < -0.39 is 0 Å². The molecule has 2 atom stereocenters. The first-order valence-electron chi connectivity index (χ1n) is 8.06. The third-order valence-electron chi connectivity index (χ3n) is 3.99. The van der Waals surface area contributed by atoms with Crippen molar-refractivity contribution in [2.45, 2.75) is 38.1 Å². The Morgan fingerprint density at radius 1 is 1.29 bits per heavy atom. The van der Waals surface area contributed by atoms with Crippen molar-refractivity contribution in [1.82, 2.24) is 19.7 Å². The number of amides is 1. The number of carbonyl (C=O) groups is 1. The summed E-state index contributed by atoms with van der Waals surface area (Å²) in [7, 11) is 0. The van der Waals surface area contributed by atoms with Crippen LogP contribution >= 0.6 is 11.8 Å². The minimum absolute atomic E-state index is 0.0818. The number of morpholine rings is 1. The molecule has 6 nitrogen and oxygen atoms in total. The van der Waals surface area contributed by atoms with Gasteiger partial charge in [0, 0.05) is 13.1 Å². The van der Waals surface area contributed by atoms with Gasteiger partial charge >= 0.3 is 0 Å². The monoisotopic (exact) mass is 346 g/mol. The Morgan fingerprint density at radius 2 is 2.00 bits per heavy atom. The van der Waals surface area contributed by atoms with Gasteiger partial charge in [0.25, 0.3) is 0 Å². The van der Waals surface area contributed by atoms with Crippen LogP contribution in [-0.4, -0.2) is 56.6 Å². The lowest BCUT2D eigenvalue weighted by Crippen LogP contribution is -2.48. The van der Waals surface area contributed by atoms with E-state index in [2.05, 4.69) is 10.2 Å². The van der Waals surface area contributed by atoms with Crippen LogP contribution in [0.3, 0.4) is 0 Å². The van der Waals surface area contributed by atoms with Crippen molar-refractivity contribution in [1.29, 1.82) is 0 Å². The van der Waals surface area contributed by atoms with Crippen LogP contribution in [0.1, 0.15) is 19.4 Å². The predicted molar refractivity (Wildman–Crippen MR) is 93.4 cm³/mol. The molecule has 2 aromatic rings. The Balaban J connectivity index is 1.67. The molecule has 1 aromatic carbocycles. The Morgan fingerprint density at radius 3 is 2.71 bits per heavy atom. The lowest BCUT2D eigenvalue weighted by molar-refractivity contribution is -0.140. The highest BCUT2D eigenvalue weighted by Crippen LogP contribution is 2.22. The van der Waals surface area contributed by atoms with Crippen LogP contribution in [0, 0.1) is 6.92 Å². The Bertz CT molecular complexity index is 708. The van der Waals surface area contributed by atoms with Gasteiger partial charge in [0.05, 0.1) is 23.6 Å². The fourth-order valence-corrected chi connectivity index (χ4v) is 3.75. The topological polar surface area (TPSA) is 60.2 Å². The largest absolute Gasteiger partial charge is 0.372 e. The molecule has 1 saturated heterocycles. The van der Waals surface area contributed by atoms with Crippen LogP contribution in [-0.2, 0) is 9.53 Å². The summed E-state index contributed by atoms with van der Waals surface area (Å²) < 4.78 is 7.61. The molecule has 0 aliphatic carbocycles. The second kappa shape index (κ2) is 7.36. The number of hydrogen-bond acceptors (Lipinski definition) is 5. The molecule has 0 unspecified atom stereocenters. The van der Waals surface area contributed by atoms with E-state index in [0.717, 1.165) is 16.4 Å². The molecule has 1 aromatic heterocycles. The van der Waals surface area contributed by atoms with Crippen molar-refractivity contribution in [3.8, 4) is 5.69 Å². The van der Waals surface area contributed by atoms with E-state index >= 15 is 0 Å². The van der Waals surface area contributed by atoms with Crippen molar-refractivity contribution in [2.24, 2.45) is 0 Å². The zero-order valence-corrected chi connectivity index (χ0v) is 15.0. The summed E-state index contributed by atoms with van der Waals surface area (Å²) in [5.74, 6) is 0.464. The van der Waals surface area contributed by atoms with Gasteiger partial charge in [0.15, 0.2) is 5.16 Å². The van der Waals surface area contributed by atoms with Gasteiger partial charge in [-0.3, -0.25) is 9.36 Å². The fraction of sp³-hybridized carbons (Fsp3) is 0.471. The standard InChI is InChI=1S/C17H22N4O2S/c1-12-6-4-5-7-15(12)21-11-18-19-17(21)24-10-16(22)20-8-13(2)23-14(3)9-20/h4-7,11,13-14H,8-10H2,1-3H3/t13-,14-/m0/s1. The zero-order valence-electron chi connectivity index (χ0n) is 14.2. The average Bonchev–Trinajstić information content (AvgIpc) is 3.00. The number of aryl methyl sites for hydroxylation is 1. The average molecular weight is 346 g/mol. The van der Waals surface area contributed by atoms with Crippen molar-refractivity contribution >= 4 is 17.7 Å². The van der Waals surface area contributed by atoms with E-state index in [0.29, 0.717) is 18.8 Å². The molecule has 0 N–H and O–H groups in total. The van der Waals surface area contributed by atoms with Crippen LogP contribution < -0.4 is 0 Å². The fourth-order valence-electron chi connectivity index (χ4n) is 2.92. The van der Waals surface area contributed by atoms with Crippen LogP contribution in [0.25, 0.3) is 5.69 Å². The molecule has 0 radical (unpaired) electrons. The molecule has 24 heavy (non-hydrogen) atoms. The minimum Gasteiger partial charge on any atom is -0.372 e. The molecular weight excluding hydrogens is 324 g/mol. The molecule has 0 bridgehead atoms. The number of ether oxygens (including phenoxy) is 1. The Hall–Kier alpha value is -1.86. The molecule has 0 spiro atoms. The predicted octanol–water partition coefficient (Wildman–Crippen LogP) is 2.30. The number of aromatic nitrogens is 3. The third-order valence-corrected chi connectivity index (χ3v) is 4.92. The number of nitrogens with zero attached hydrogens (tertiary/aromatic N) is 4. The maximum Gasteiger partial charge on any atom is 0.233 e. The van der Waals surface area contributed by atoms with E-state index in [9.17, 15) is 4.79 Å². The number of hydrogen-bond donors (Lipinski definition) is 0. The maximum atomic E-state index is 12.5. The summed E-state index contributed by atoms with van der Waals surface area (Å²) >= 11 is 1.42. The quantitative estimate of drug-likeness (QED) is 0.795. The molecule has 2 heterocycles. The van der Waals surface area contributed by atoms with E-state index in [4.69, 9.17) is 4.74 Å². The van der Waals surface area contributed by atoms with Crippen LogP contribution in [0.15, 0.2) is 35.7 Å². The second-order valence-corrected chi connectivity index (χ2v) is 7.06. The summed E-state index contributed by atoms with van der Waals surface area (Å²) in [5, 5.41) is 8.89. The molecule has 3 rings (SSSR count). The smallest absolute Gasteiger partial charge is 0.233 e. The lowest BCUT2D eigenvalue weighted by atomic mass is 10.2. The number of rotatable bonds is 4. The van der Waals surface area contributed by atoms with Gasteiger partial charge < -0.3 is 9.64 Å². The zero-order chi connectivity index (χ0) is 17.1. The molecule has 1 aliphatic heterocycles. The summed E-state index contributed by atoms with van der Waals surface area (Å²) in [4.78, 5) is 14.4. The first-order chi connectivity index (χ1) is 11.5. The molecule has 128 valence electrons. The summed E-state index contributed by atoms with van der Waals surface area (Å²) in [5.41, 5.74) is 2.17. The summed E-state index contributed by atoms with van der Waals surface area (Å²) in [6, 6.07) is 8.06. The molecule has 1 amide bonds. The molecule has 0 saturated carbocycles. The summed E-state index contributed by atoms with van der Waals surface area (Å²) in [6.07, 6.45) is 1.85. The van der Waals surface area contributed by atoms with Gasteiger partial charge in [-0.15, -0.1) is 10.2 Å². The number of benzene rings is 1. The van der Waals surface area contributed by atoms with Gasteiger partial charge in [0.1, 0.15) is 6.33 Å². The Kier molecular flexibility index (Phi) is 5.20. The van der Waals surface area contributed by atoms with Crippen LogP contribution in [0.5, 0.6) is 0 Å². The van der Waals surface area contributed by atoms with Crippen molar-refractivity contribution in [3.63, 3.8) is 0 Å². The van der Waals surface area contributed by atoms with Crippen molar-refractivity contribution in [2.75, 3.05) is 18.8 Å². The maximum absolute atomic E-state index is 12.5. The number of thioether (sulfide) groups is 1. The van der Waals surface area contributed by atoms with Crippen molar-refractivity contribution in [3.05, 3.63) is 36.2 Å². The highest BCUT2D eigenvalue weighted by molar-refractivity contribution is 7.99. The highest BCUT2D eigenvalue weighted by atomic mass is 32.2. The van der Waals surface area contributed by atoms with Crippen LogP contribution in [0.4, 0.5) is 0 Å². The first kappa shape index (κ1) is 17.0. The van der Waals surface area contributed by atoms with E-state index in [1.54, 1.807) is 6.33 Å². The van der Waals surface area contributed by atoms with E-state index in [-0.39, 0.29) is 18.1 Å². The molecular formula is C17H22N4O2S. The van der Waals surface area contributed by atoms with Crippen molar-refractivity contribution < 1.29 is 9.53 Å². The number of para-hydroxylation sites is 1. The van der Waals surface area contributed by atoms with E-state index in [1.165, 1.54) is 11.8 Å².